The summed E-state index contributed by atoms with van der Waals surface area (Å²) in [5.41, 5.74) is 3.71. The zero-order valence-corrected chi connectivity index (χ0v) is 17.7. The molecule has 0 radical (unpaired) electrons. The van der Waals surface area contributed by atoms with Crippen molar-refractivity contribution in [3.8, 4) is 0 Å². The molecule has 2 aromatic rings. The lowest BCUT2D eigenvalue weighted by Gasteiger charge is -2.20. The van der Waals surface area contributed by atoms with Gasteiger partial charge in [-0.2, -0.15) is 0 Å². The summed E-state index contributed by atoms with van der Waals surface area (Å²) in [5, 5.41) is 0.730. The van der Waals surface area contributed by atoms with Gasteiger partial charge in [-0.3, -0.25) is 4.79 Å². The van der Waals surface area contributed by atoms with E-state index in [9.17, 15) is 4.79 Å². The van der Waals surface area contributed by atoms with Crippen molar-refractivity contribution >= 4 is 56.4 Å². The predicted octanol–water partition coefficient (Wildman–Crippen LogP) is 6.09. The lowest BCUT2D eigenvalue weighted by Crippen LogP contribution is -2.21. The van der Waals surface area contributed by atoms with Crippen LogP contribution in [0.1, 0.15) is 25.0 Å². The average molecular weight is 417 g/mol. The van der Waals surface area contributed by atoms with Crippen LogP contribution in [-0.4, -0.2) is 22.6 Å². The van der Waals surface area contributed by atoms with Crippen LogP contribution >= 0.6 is 35.1 Å². The van der Waals surface area contributed by atoms with Crippen molar-refractivity contribution in [2.24, 2.45) is 4.99 Å². The Morgan fingerprint density at radius 3 is 2.48 bits per heavy atom. The first-order chi connectivity index (χ1) is 13.1. The molecule has 1 heterocycles. The van der Waals surface area contributed by atoms with Crippen molar-refractivity contribution in [3.63, 3.8) is 0 Å². The number of hydrogen-bond acceptors (Lipinski definition) is 5. The van der Waals surface area contributed by atoms with Crippen molar-refractivity contribution in [1.29, 1.82) is 0 Å². The van der Waals surface area contributed by atoms with E-state index in [1.807, 2.05) is 42.5 Å². The van der Waals surface area contributed by atoms with Gasteiger partial charge in [0.05, 0.1) is 0 Å². The summed E-state index contributed by atoms with van der Waals surface area (Å²) in [7, 11) is 0. The summed E-state index contributed by atoms with van der Waals surface area (Å²) in [4.78, 5) is 19.1. The van der Waals surface area contributed by atoms with E-state index in [0.717, 1.165) is 33.6 Å². The predicted molar refractivity (Wildman–Crippen MR) is 121 cm³/mol. The minimum atomic E-state index is -0.00974. The van der Waals surface area contributed by atoms with Crippen molar-refractivity contribution in [1.82, 2.24) is 0 Å². The third-order valence-electron chi connectivity index (χ3n) is 4.23. The highest BCUT2D eigenvalue weighted by molar-refractivity contribution is 8.45. The summed E-state index contributed by atoms with van der Waals surface area (Å²) in [5.74, 6) is 0.699. The molecule has 0 amide bonds. The first-order valence-corrected chi connectivity index (χ1v) is 11.0. The third-order valence-corrected chi connectivity index (χ3v) is 6.66. The van der Waals surface area contributed by atoms with E-state index in [1.54, 1.807) is 11.8 Å². The van der Waals surface area contributed by atoms with Gasteiger partial charge in [-0.1, -0.05) is 53.7 Å². The number of anilines is 1. The van der Waals surface area contributed by atoms with E-state index < -0.39 is 0 Å². The van der Waals surface area contributed by atoms with Crippen molar-refractivity contribution < 1.29 is 4.79 Å². The lowest BCUT2D eigenvalue weighted by molar-refractivity contribution is -0.107. The SMILES string of the molecule is CCN(CC)c1ccc(/C=C2/N=C(SCc3ccccc3Cl)SC2=O)cc1. The zero-order valence-electron chi connectivity index (χ0n) is 15.3. The minimum absolute atomic E-state index is 0.00974. The van der Waals surface area contributed by atoms with E-state index >= 15 is 0 Å². The number of benzene rings is 2. The van der Waals surface area contributed by atoms with E-state index in [2.05, 4.69) is 35.9 Å². The molecule has 0 spiro atoms. The number of thioether (sulfide) groups is 2. The molecule has 6 heteroatoms. The number of nitrogens with zero attached hydrogens (tertiary/aromatic N) is 2. The third kappa shape index (κ3) is 5.18. The van der Waals surface area contributed by atoms with E-state index in [-0.39, 0.29) is 5.12 Å². The molecule has 1 aliphatic heterocycles. The zero-order chi connectivity index (χ0) is 19.2. The van der Waals surface area contributed by atoms with Crippen LogP contribution in [0.4, 0.5) is 5.69 Å². The molecule has 0 bridgehead atoms. The highest BCUT2D eigenvalue weighted by Gasteiger charge is 2.22. The average Bonchev–Trinajstić information content (AvgIpc) is 3.03. The van der Waals surface area contributed by atoms with Gasteiger partial charge in [0.15, 0.2) is 0 Å². The maximum absolute atomic E-state index is 12.3. The second-order valence-corrected chi connectivity index (χ2v) is 8.53. The van der Waals surface area contributed by atoms with Gasteiger partial charge in [0.1, 0.15) is 10.1 Å². The molecule has 2 aromatic carbocycles. The second-order valence-electron chi connectivity index (χ2n) is 5.94. The Morgan fingerprint density at radius 2 is 1.81 bits per heavy atom. The summed E-state index contributed by atoms with van der Waals surface area (Å²) >= 11 is 8.92. The molecular weight excluding hydrogens is 396 g/mol. The lowest BCUT2D eigenvalue weighted by atomic mass is 10.1. The van der Waals surface area contributed by atoms with Crippen LogP contribution < -0.4 is 4.90 Å². The fourth-order valence-corrected chi connectivity index (χ4v) is 4.86. The molecule has 27 heavy (non-hydrogen) atoms. The molecule has 0 N–H and O–H groups in total. The Balaban J connectivity index is 1.69. The number of carbonyl (C=O) groups is 1. The molecule has 0 aromatic heterocycles. The molecule has 0 atom stereocenters. The first kappa shape index (κ1) is 20.1. The van der Waals surface area contributed by atoms with Gasteiger partial charge in [-0.05, 0) is 61.0 Å². The van der Waals surface area contributed by atoms with Crippen LogP contribution in [-0.2, 0) is 10.5 Å². The van der Waals surface area contributed by atoms with Crippen LogP contribution in [0, 0.1) is 0 Å². The molecule has 3 nitrogen and oxygen atoms in total. The number of carbonyl (C=O) groups excluding carboxylic acids is 1. The molecule has 140 valence electrons. The molecule has 0 unspecified atom stereocenters. The van der Waals surface area contributed by atoms with Crippen molar-refractivity contribution in [3.05, 3.63) is 70.4 Å². The normalized spacial score (nSPS) is 15.3. The Kier molecular flexibility index (Phi) is 7.05. The number of rotatable bonds is 6. The fourth-order valence-electron chi connectivity index (χ4n) is 2.73. The molecular formula is C21H21ClN2OS2. The van der Waals surface area contributed by atoms with Crippen LogP contribution in [0.5, 0.6) is 0 Å². The van der Waals surface area contributed by atoms with E-state index in [4.69, 9.17) is 11.6 Å². The molecule has 0 saturated carbocycles. The smallest absolute Gasteiger partial charge is 0.244 e. The van der Waals surface area contributed by atoms with Crippen LogP contribution in [0.2, 0.25) is 5.02 Å². The summed E-state index contributed by atoms with van der Waals surface area (Å²) in [6.07, 6.45) is 1.85. The van der Waals surface area contributed by atoms with Gasteiger partial charge in [0, 0.05) is 29.6 Å². The monoisotopic (exact) mass is 416 g/mol. The van der Waals surface area contributed by atoms with Gasteiger partial charge in [-0.25, -0.2) is 4.99 Å². The highest BCUT2D eigenvalue weighted by atomic mass is 35.5. The Morgan fingerprint density at radius 1 is 1.11 bits per heavy atom. The topological polar surface area (TPSA) is 32.7 Å². The molecule has 3 rings (SSSR count). The highest BCUT2D eigenvalue weighted by Crippen LogP contribution is 2.33. The quantitative estimate of drug-likeness (QED) is 0.533. The fraction of sp³-hybridized carbons (Fsp3) is 0.238. The maximum atomic E-state index is 12.3. The molecule has 0 saturated heterocycles. The van der Waals surface area contributed by atoms with Crippen LogP contribution in [0.25, 0.3) is 6.08 Å². The van der Waals surface area contributed by atoms with Crippen molar-refractivity contribution in [2.75, 3.05) is 18.0 Å². The first-order valence-electron chi connectivity index (χ1n) is 8.84. The van der Waals surface area contributed by atoms with Gasteiger partial charge in [0.25, 0.3) is 0 Å². The Labute approximate surface area is 173 Å². The maximum Gasteiger partial charge on any atom is 0.244 e. The van der Waals surface area contributed by atoms with Gasteiger partial charge in [0.2, 0.25) is 5.12 Å². The summed E-state index contributed by atoms with van der Waals surface area (Å²) < 4.78 is 0.769. The van der Waals surface area contributed by atoms with Gasteiger partial charge >= 0.3 is 0 Å². The van der Waals surface area contributed by atoms with Gasteiger partial charge in [-0.15, -0.1) is 0 Å². The minimum Gasteiger partial charge on any atom is -0.372 e. The van der Waals surface area contributed by atoms with Crippen LogP contribution in [0.15, 0.2) is 59.2 Å². The summed E-state index contributed by atoms with van der Waals surface area (Å²) in [6.45, 7) is 6.24. The number of halogens is 1. The molecule has 0 aliphatic carbocycles. The number of hydrogen-bond donors (Lipinski definition) is 0. The molecule has 1 aliphatic rings. The van der Waals surface area contributed by atoms with Crippen LogP contribution in [0.3, 0.4) is 0 Å². The van der Waals surface area contributed by atoms with E-state index in [1.165, 1.54) is 17.4 Å². The summed E-state index contributed by atoms with van der Waals surface area (Å²) in [6, 6.07) is 16.0. The van der Waals surface area contributed by atoms with Crippen molar-refractivity contribution in [2.45, 2.75) is 19.6 Å². The van der Waals surface area contributed by atoms with E-state index in [0.29, 0.717) is 11.4 Å². The standard InChI is InChI=1S/C21H21ClN2OS2/c1-3-24(4-2)17-11-9-15(10-12-17)13-19-20(25)27-21(23-19)26-14-16-7-5-6-8-18(16)22/h5-13H,3-4,14H2,1-2H3/b19-13+. The Hall–Kier alpha value is -1.69. The molecule has 0 fully saturated rings. The largest absolute Gasteiger partial charge is 0.372 e. The second kappa shape index (κ2) is 9.49. The number of aliphatic imine (C=N–C) groups is 1. The Bertz CT molecular complexity index is 874. The van der Waals surface area contributed by atoms with Gasteiger partial charge < -0.3 is 4.90 Å².